The number of hydrogen-bond acceptors (Lipinski definition) is 2. The Kier molecular flexibility index (Phi) is 1.64. The number of hydrogen-bond donors (Lipinski definition) is 1. The molecule has 1 aromatic heterocycles. The van der Waals surface area contributed by atoms with Crippen molar-refractivity contribution in [1.29, 1.82) is 0 Å². The highest BCUT2D eigenvalue weighted by atomic mass is 15.3. The number of anilines is 1. The first kappa shape index (κ1) is 8.33. The second-order valence-electron chi connectivity index (χ2n) is 4.67. The van der Waals surface area contributed by atoms with E-state index in [1.54, 1.807) is 0 Å². The summed E-state index contributed by atoms with van der Waals surface area (Å²) in [5, 5.41) is 7.93. The predicted molar refractivity (Wildman–Crippen MR) is 56.5 cm³/mol. The Morgan fingerprint density at radius 2 is 2.29 bits per heavy atom. The van der Waals surface area contributed by atoms with Gasteiger partial charge in [-0.1, -0.05) is 0 Å². The maximum atomic E-state index is 4.66. The molecule has 0 saturated heterocycles. The molecular weight excluding hydrogens is 174 g/mol. The minimum atomic E-state index is 0.761. The van der Waals surface area contributed by atoms with Crippen molar-refractivity contribution in [2.75, 3.05) is 12.4 Å². The van der Waals surface area contributed by atoms with Gasteiger partial charge in [0.15, 0.2) is 0 Å². The van der Waals surface area contributed by atoms with Crippen LogP contribution in [0.1, 0.15) is 36.4 Å². The van der Waals surface area contributed by atoms with E-state index in [0.717, 1.165) is 11.8 Å². The van der Waals surface area contributed by atoms with Gasteiger partial charge in [-0.05, 0) is 31.6 Å². The van der Waals surface area contributed by atoms with Gasteiger partial charge in [0.25, 0.3) is 0 Å². The SMILES string of the molecule is CNc1c2c(nn1C)C1CCC(C2)C1. The molecule has 1 fully saturated rings. The van der Waals surface area contributed by atoms with E-state index in [1.807, 2.05) is 18.8 Å². The van der Waals surface area contributed by atoms with Gasteiger partial charge < -0.3 is 5.32 Å². The van der Waals surface area contributed by atoms with Crippen LogP contribution in [-0.4, -0.2) is 16.8 Å². The predicted octanol–water partition coefficient (Wildman–Crippen LogP) is 1.90. The van der Waals surface area contributed by atoms with Gasteiger partial charge in [-0.25, -0.2) is 0 Å². The lowest BCUT2D eigenvalue weighted by molar-refractivity contribution is 0.506. The van der Waals surface area contributed by atoms with E-state index in [4.69, 9.17) is 0 Å². The molecule has 0 spiro atoms. The third-order valence-corrected chi connectivity index (χ3v) is 3.83. The molecule has 76 valence electrons. The van der Waals surface area contributed by atoms with Crippen molar-refractivity contribution in [2.45, 2.75) is 31.6 Å². The number of nitrogens with one attached hydrogen (secondary N) is 1. The molecule has 0 amide bonds. The van der Waals surface area contributed by atoms with Crippen LogP contribution in [0.15, 0.2) is 0 Å². The van der Waals surface area contributed by atoms with Gasteiger partial charge in [0.2, 0.25) is 0 Å². The molecule has 2 atom stereocenters. The summed E-state index contributed by atoms with van der Waals surface area (Å²) in [6.45, 7) is 0. The summed E-state index contributed by atoms with van der Waals surface area (Å²) in [6, 6.07) is 0. The van der Waals surface area contributed by atoms with Crippen LogP contribution >= 0.6 is 0 Å². The summed E-state index contributed by atoms with van der Waals surface area (Å²) in [5.74, 6) is 2.93. The quantitative estimate of drug-likeness (QED) is 0.734. The van der Waals surface area contributed by atoms with Crippen LogP contribution in [0.5, 0.6) is 0 Å². The van der Waals surface area contributed by atoms with Crippen LogP contribution in [0.4, 0.5) is 5.82 Å². The second kappa shape index (κ2) is 2.75. The maximum absolute atomic E-state index is 4.66. The van der Waals surface area contributed by atoms with Crippen molar-refractivity contribution in [3.8, 4) is 0 Å². The zero-order valence-electron chi connectivity index (χ0n) is 8.88. The molecule has 1 heterocycles. The molecule has 2 aliphatic carbocycles. The summed E-state index contributed by atoms with van der Waals surface area (Å²) in [7, 11) is 4.03. The maximum Gasteiger partial charge on any atom is 0.127 e. The molecule has 2 bridgehead atoms. The van der Waals surface area contributed by atoms with Gasteiger partial charge in [-0.15, -0.1) is 0 Å². The summed E-state index contributed by atoms with van der Waals surface area (Å²) < 4.78 is 2.01. The van der Waals surface area contributed by atoms with Crippen LogP contribution in [0.2, 0.25) is 0 Å². The number of nitrogens with zero attached hydrogens (tertiary/aromatic N) is 2. The minimum Gasteiger partial charge on any atom is -0.373 e. The Morgan fingerprint density at radius 1 is 1.43 bits per heavy atom. The number of aryl methyl sites for hydroxylation is 1. The molecule has 0 aromatic carbocycles. The summed E-state index contributed by atoms with van der Waals surface area (Å²) >= 11 is 0. The van der Waals surface area contributed by atoms with Crippen molar-refractivity contribution >= 4 is 5.82 Å². The lowest BCUT2D eigenvalue weighted by Crippen LogP contribution is -2.10. The topological polar surface area (TPSA) is 29.9 Å². The van der Waals surface area contributed by atoms with Gasteiger partial charge in [-0.2, -0.15) is 5.10 Å². The van der Waals surface area contributed by atoms with E-state index in [1.165, 1.54) is 42.8 Å². The first-order valence-corrected chi connectivity index (χ1v) is 5.53. The number of fused-ring (bicyclic) bond motifs is 4. The molecule has 2 unspecified atom stereocenters. The lowest BCUT2D eigenvalue weighted by Gasteiger charge is -2.18. The molecular formula is C11H17N3. The minimum absolute atomic E-state index is 0.761. The Labute approximate surface area is 84.5 Å². The third-order valence-electron chi connectivity index (χ3n) is 3.83. The zero-order valence-corrected chi connectivity index (χ0v) is 8.88. The highest BCUT2D eigenvalue weighted by Gasteiger charge is 2.36. The fourth-order valence-corrected chi connectivity index (χ4v) is 3.23. The molecule has 2 aliphatic rings. The Hall–Kier alpha value is -0.990. The Morgan fingerprint density at radius 3 is 3.07 bits per heavy atom. The van der Waals surface area contributed by atoms with E-state index < -0.39 is 0 Å². The molecule has 3 nitrogen and oxygen atoms in total. The second-order valence-corrected chi connectivity index (χ2v) is 4.67. The fourth-order valence-electron chi connectivity index (χ4n) is 3.23. The van der Waals surface area contributed by atoms with Crippen LogP contribution in [0, 0.1) is 5.92 Å². The summed E-state index contributed by atoms with van der Waals surface area (Å²) in [5.41, 5.74) is 2.87. The van der Waals surface area contributed by atoms with Crippen LogP contribution in [0.3, 0.4) is 0 Å². The standard InChI is InChI=1S/C11H17N3/c1-12-11-9-6-7-3-4-8(5-7)10(9)13-14(11)2/h7-8,12H,3-6H2,1-2H3. The van der Waals surface area contributed by atoms with Gasteiger partial charge in [0.1, 0.15) is 5.82 Å². The van der Waals surface area contributed by atoms with Crippen LogP contribution in [-0.2, 0) is 13.5 Å². The van der Waals surface area contributed by atoms with E-state index in [-0.39, 0.29) is 0 Å². The lowest BCUT2D eigenvalue weighted by atomic mass is 9.87. The highest BCUT2D eigenvalue weighted by Crippen LogP contribution is 2.47. The van der Waals surface area contributed by atoms with Crippen LogP contribution < -0.4 is 5.32 Å². The van der Waals surface area contributed by atoms with Crippen molar-refractivity contribution < 1.29 is 0 Å². The first-order valence-electron chi connectivity index (χ1n) is 5.53. The average Bonchev–Trinajstić information content (AvgIpc) is 2.70. The van der Waals surface area contributed by atoms with Crippen molar-refractivity contribution in [3.05, 3.63) is 11.3 Å². The monoisotopic (exact) mass is 191 g/mol. The first-order chi connectivity index (χ1) is 6.79. The largest absolute Gasteiger partial charge is 0.373 e. The normalized spacial score (nSPS) is 29.0. The molecule has 3 heteroatoms. The molecule has 1 aromatic rings. The highest BCUT2D eigenvalue weighted by molar-refractivity contribution is 5.50. The smallest absolute Gasteiger partial charge is 0.127 e. The van der Waals surface area contributed by atoms with Crippen molar-refractivity contribution in [1.82, 2.24) is 9.78 Å². The summed E-state index contributed by atoms with van der Waals surface area (Å²) in [4.78, 5) is 0. The summed E-state index contributed by atoms with van der Waals surface area (Å²) in [6.07, 6.45) is 5.40. The molecule has 0 aliphatic heterocycles. The van der Waals surface area contributed by atoms with Gasteiger partial charge in [-0.3, -0.25) is 4.68 Å². The molecule has 0 radical (unpaired) electrons. The van der Waals surface area contributed by atoms with E-state index in [9.17, 15) is 0 Å². The Balaban J connectivity index is 2.12. The molecule has 1 saturated carbocycles. The zero-order chi connectivity index (χ0) is 9.71. The Bertz CT molecular complexity index is 367. The third kappa shape index (κ3) is 0.954. The number of aromatic nitrogens is 2. The molecule has 1 N–H and O–H groups in total. The van der Waals surface area contributed by atoms with E-state index in [2.05, 4.69) is 10.4 Å². The van der Waals surface area contributed by atoms with Gasteiger partial charge >= 0.3 is 0 Å². The van der Waals surface area contributed by atoms with Crippen LogP contribution in [0.25, 0.3) is 0 Å². The molecule has 3 rings (SSSR count). The van der Waals surface area contributed by atoms with Crippen molar-refractivity contribution in [3.63, 3.8) is 0 Å². The van der Waals surface area contributed by atoms with Gasteiger partial charge in [0, 0.05) is 25.6 Å². The van der Waals surface area contributed by atoms with Gasteiger partial charge in [0.05, 0.1) is 5.69 Å². The van der Waals surface area contributed by atoms with E-state index >= 15 is 0 Å². The molecule has 14 heavy (non-hydrogen) atoms. The number of rotatable bonds is 1. The van der Waals surface area contributed by atoms with E-state index in [0.29, 0.717) is 0 Å². The average molecular weight is 191 g/mol. The van der Waals surface area contributed by atoms with Crippen molar-refractivity contribution in [2.24, 2.45) is 13.0 Å². The fraction of sp³-hybridized carbons (Fsp3) is 0.727.